The van der Waals surface area contributed by atoms with Gasteiger partial charge in [0.25, 0.3) is 0 Å². The van der Waals surface area contributed by atoms with Gasteiger partial charge in [-0.2, -0.15) is 0 Å². The molecule has 0 amide bonds. The highest BCUT2D eigenvalue weighted by atomic mass is 35.5. The van der Waals surface area contributed by atoms with Gasteiger partial charge in [-0.05, 0) is 24.3 Å². The summed E-state index contributed by atoms with van der Waals surface area (Å²) in [5.74, 6) is -0.437. The van der Waals surface area contributed by atoms with Crippen molar-refractivity contribution in [1.82, 2.24) is 0 Å². The zero-order valence-electron chi connectivity index (χ0n) is 10.5. The molecule has 0 saturated heterocycles. The molecule has 0 unspecified atom stereocenters. The zero-order chi connectivity index (χ0) is 13.7. The summed E-state index contributed by atoms with van der Waals surface area (Å²) >= 11 is 0. The lowest BCUT2D eigenvalue weighted by atomic mass is 10.0. The van der Waals surface area contributed by atoms with Crippen LogP contribution in [0.25, 0.3) is 0 Å². The standard InChI is InChI=1S/C14H13FN4.ClH/c15-12-8-6-11(7-9-12)13(18-19-14(16)17)10-4-2-1-3-5-10;/h1-9H,(H4,16,17,19);1H/b18-13+;. The van der Waals surface area contributed by atoms with Crippen LogP contribution in [0.2, 0.25) is 0 Å². The predicted octanol–water partition coefficient (Wildman–Crippen LogP) is 2.27. The monoisotopic (exact) mass is 292 g/mol. The van der Waals surface area contributed by atoms with E-state index in [4.69, 9.17) is 11.5 Å². The molecule has 0 saturated carbocycles. The van der Waals surface area contributed by atoms with Crippen molar-refractivity contribution in [3.05, 3.63) is 71.5 Å². The van der Waals surface area contributed by atoms with Crippen LogP contribution in [0, 0.1) is 5.82 Å². The summed E-state index contributed by atoms with van der Waals surface area (Å²) in [4.78, 5) is 0. The van der Waals surface area contributed by atoms with Crippen LogP contribution in [0.4, 0.5) is 4.39 Å². The maximum absolute atomic E-state index is 13.0. The van der Waals surface area contributed by atoms with Crippen LogP contribution in [0.5, 0.6) is 0 Å². The Morgan fingerprint density at radius 1 is 0.800 bits per heavy atom. The number of hydrogen-bond donors (Lipinski definition) is 2. The van der Waals surface area contributed by atoms with Crippen molar-refractivity contribution < 1.29 is 4.39 Å². The second-order valence-electron chi connectivity index (χ2n) is 3.85. The van der Waals surface area contributed by atoms with Gasteiger partial charge in [-0.15, -0.1) is 22.6 Å². The number of halogens is 2. The zero-order valence-corrected chi connectivity index (χ0v) is 11.3. The van der Waals surface area contributed by atoms with E-state index in [0.717, 1.165) is 11.1 Å². The van der Waals surface area contributed by atoms with Crippen molar-refractivity contribution in [3.8, 4) is 0 Å². The summed E-state index contributed by atoms with van der Waals surface area (Å²) in [5, 5.41) is 7.69. The van der Waals surface area contributed by atoms with Gasteiger partial charge in [0.05, 0.1) is 0 Å². The highest BCUT2D eigenvalue weighted by molar-refractivity contribution is 6.12. The molecule has 0 aliphatic heterocycles. The number of nitrogens with zero attached hydrogens (tertiary/aromatic N) is 2. The molecule has 2 rings (SSSR count). The summed E-state index contributed by atoms with van der Waals surface area (Å²) in [5.41, 5.74) is 12.7. The third kappa shape index (κ3) is 4.07. The van der Waals surface area contributed by atoms with E-state index < -0.39 is 0 Å². The van der Waals surface area contributed by atoms with Gasteiger partial charge >= 0.3 is 0 Å². The molecule has 2 aromatic rings. The number of rotatable bonds is 3. The maximum atomic E-state index is 13.0. The van der Waals surface area contributed by atoms with E-state index in [-0.39, 0.29) is 24.2 Å². The van der Waals surface area contributed by atoms with Gasteiger partial charge in [-0.1, -0.05) is 30.3 Å². The third-order valence-electron chi connectivity index (χ3n) is 2.43. The Balaban J connectivity index is 0.00000200. The van der Waals surface area contributed by atoms with Crippen molar-refractivity contribution >= 4 is 24.1 Å². The fraction of sp³-hybridized carbons (Fsp3) is 0. The van der Waals surface area contributed by atoms with Crippen LogP contribution in [0.3, 0.4) is 0 Å². The summed E-state index contributed by atoms with van der Waals surface area (Å²) in [6, 6.07) is 15.4. The Kier molecular flexibility index (Phi) is 5.68. The topological polar surface area (TPSA) is 76.8 Å². The molecule has 4 nitrogen and oxygen atoms in total. The molecule has 0 radical (unpaired) electrons. The van der Waals surface area contributed by atoms with Gasteiger partial charge in [0.1, 0.15) is 11.5 Å². The minimum absolute atomic E-state index is 0. The van der Waals surface area contributed by atoms with Gasteiger partial charge in [0.15, 0.2) is 0 Å². The molecule has 0 aliphatic rings. The van der Waals surface area contributed by atoms with E-state index >= 15 is 0 Å². The molecule has 4 N–H and O–H groups in total. The van der Waals surface area contributed by atoms with Crippen molar-refractivity contribution in [3.63, 3.8) is 0 Å². The molecule has 104 valence electrons. The van der Waals surface area contributed by atoms with Crippen LogP contribution in [0.1, 0.15) is 11.1 Å². The lowest BCUT2D eigenvalue weighted by Crippen LogP contribution is -2.22. The Labute approximate surface area is 122 Å². The molecular formula is C14H14ClFN4. The summed E-state index contributed by atoms with van der Waals surface area (Å²) < 4.78 is 13.0. The number of guanidine groups is 1. The van der Waals surface area contributed by atoms with E-state index in [2.05, 4.69) is 10.2 Å². The smallest absolute Gasteiger partial charge is 0.211 e. The van der Waals surface area contributed by atoms with Crippen LogP contribution < -0.4 is 11.5 Å². The molecule has 0 atom stereocenters. The fourth-order valence-corrected chi connectivity index (χ4v) is 1.59. The molecule has 0 aliphatic carbocycles. The highest BCUT2D eigenvalue weighted by Gasteiger charge is 2.06. The Hall–Kier alpha value is -2.40. The molecule has 2 aromatic carbocycles. The number of hydrogen-bond acceptors (Lipinski definition) is 2. The summed E-state index contributed by atoms with van der Waals surface area (Å²) in [7, 11) is 0. The first kappa shape index (κ1) is 15.7. The molecule has 20 heavy (non-hydrogen) atoms. The quantitative estimate of drug-likeness (QED) is 0.517. The van der Waals surface area contributed by atoms with Crippen LogP contribution in [0.15, 0.2) is 64.8 Å². The molecule has 0 fully saturated rings. The second-order valence-corrected chi connectivity index (χ2v) is 3.85. The van der Waals surface area contributed by atoms with E-state index in [9.17, 15) is 4.39 Å². The predicted molar refractivity (Wildman–Crippen MR) is 81.5 cm³/mol. The van der Waals surface area contributed by atoms with Crippen LogP contribution in [-0.2, 0) is 0 Å². The average Bonchev–Trinajstić information content (AvgIpc) is 2.42. The van der Waals surface area contributed by atoms with Crippen molar-refractivity contribution in [2.24, 2.45) is 21.7 Å². The Bertz CT molecular complexity index is 605. The lowest BCUT2D eigenvalue weighted by molar-refractivity contribution is 0.628. The SMILES string of the molecule is Cl.NC(N)=N/N=C(\c1ccccc1)c1ccc(F)cc1. The normalized spacial score (nSPS) is 10.6. The Morgan fingerprint density at radius 3 is 1.90 bits per heavy atom. The minimum atomic E-state index is -0.307. The third-order valence-corrected chi connectivity index (χ3v) is 2.43. The van der Waals surface area contributed by atoms with E-state index in [1.807, 2.05) is 30.3 Å². The average molecular weight is 293 g/mol. The van der Waals surface area contributed by atoms with Gasteiger partial charge in [0, 0.05) is 11.1 Å². The van der Waals surface area contributed by atoms with Crippen LogP contribution >= 0.6 is 12.4 Å². The molecule has 0 spiro atoms. The van der Waals surface area contributed by atoms with Crippen molar-refractivity contribution in [1.29, 1.82) is 0 Å². The first-order chi connectivity index (χ1) is 9.16. The van der Waals surface area contributed by atoms with E-state index in [1.165, 1.54) is 12.1 Å². The Morgan fingerprint density at radius 2 is 1.35 bits per heavy atom. The lowest BCUT2D eigenvalue weighted by Gasteiger charge is -2.05. The highest BCUT2D eigenvalue weighted by Crippen LogP contribution is 2.12. The summed E-state index contributed by atoms with van der Waals surface area (Å²) in [6.07, 6.45) is 0. The van der Waals surface area contributed by atoms with Gasteiger partial charge in [-0.25, -0.2) is 4.39 Å². The minimum Gasteiger partial charge on any atom is -0.369 e. The van der Waals surface area contributed by atoms with Gasteiger partial charge < -0.3 is 11.5 Å². The van der Waals surface area contributed by atoms with Crippen molar-refractivity contribution in [2.45, 2.75) is 0 Å². The van der Waals surface area contributed by atoms with E-state index in [1.54, 1.807) is 12.1 Å². The molecule has 0 heterocycles. The van der Waals surface area contributed by atoms with E-state index in [0.29, 0.717) is 5.71 Å². The fourth-order valence-electron chi connectivity index (χ4n) is 1.59. The maximum Gasteiger partial charge on any atom is 0.211 e. The first-order valence-electron chi connectivity index (χ1n) is 5.65. The number of benzene rings is 2. The van der Waals surface area contributed by atoms with Gasteiger partial charge in [-0.3, -0.25) is 0 Å². The van der Waals surface area contributed by atoms with Crippen LogP contribution in [-0.4, -0.2) is 11.7 Å². The molecule has 0 bridgehead atoms. The largest absolute Gasteiger partial charge is 0.369 e. The van der Waals surface area contributed by atoms with Gasteiger partial charge in [0.2, 0.25) is 5.96 Å². The second kappa shape index (κ2) is 7.25. The first-order valence-corrected chi connectivity index (χ1v) is 5.65. The van der Waals surface area contributed by atoms with Crippen molar-refractivity contribution in [2.75, 3.05) is 0 Å². The molecular weight excluding hydrogens is 279 g/mol. The molecule has 6 heteroatoms. The number of nitrogens with two attached hydrogens (primary N) is 2. The summed E-state index contributed by atoms with van der Waals surface area (Å²) in [6.45, 7) is 0. The molecule has 0 aromatic heterocycles.